The highest BCUT2D eigenvalue weighted by Crippen LogP contribution is 2.46. The zero-order valence-corrected chi connectivity index (χ0v) is 24.5. The molecular formula is C30H37ClN4O2S. The highest BCUT2D eigenvalue weighted by molar-refractivity contribution is 8.18. The molecule has 0 saturated carbocycles. The molecule has 2 aromatic rings. The van der Waals surface area contributed by atoms with E-state index in [-0.39, 0.29) is 11.4 Å². The lowest BCUT2D eigenvalue weighted by Gasteiger charge is -2.47. The number of amides is 1. The lowest BCUT2D eigenvalue weighted by atomic mass is 9.79. The number of hydrogen-bond acceptors (Lipinski definition) is 6. The lowest BCUT2D eigenvalue weighted by Crippen LogP contribution is -2.48. The molecule has 1 unspecified atom stereocenters. The number of fused-ring (bicyclic) bond motifs is 1. The number of rotatable bonds is 5. The van der Waals surface area contributed by atoms with Crippen molar-refractivity contribution < 1.29 is 9.53 Å². The van der Waals surface area contributed by atoms with Crippen molar-refractivity contribution in [2.24, 2.45) is 4.99 Å². The third kappa shape index (κ3) is 5.33. The van der Waals surface area contributed by atoms with Crippen LogP contribution in [0, 0.1) is 0 Å². The van der Waals surface area contributed by atoms with Gasteiger partial charge in [-0.25, -0.2) is 4.99 Å². The lowest BCUT2D eigenvalue weighted by molar-refractivity contribution is -0.121. The van der Waals surface area contributed by atoms with Gasteiger partial charge in [-0.2, -0.15) is 0 Å². The van der Waals surface area contributed by atoms with E-state index >= 15 is 0 Å². The van der Waals surface area contributed by atoms with Crippen molar-refractivity contribution in [2.75, 3.05) is 49.7 Å². The second-order valence-electron chi connectivity index (χ2n) is 11.0. The summed E-state index contributed by atoms with van der Waals surface area (Å²) in [5, 5.41) is 1.33. The van der Waals surface area contributed by atoms with Crippen LogP contribution in [-0.4, -0.2) is 61.4 Å². The average Bonchev–Trinajstić information content (AvgIpc) is 3.15. The molecular weight excluding hydrogens is 516 g/mol. The second kappa shape index (κ2) is 10.9. The van der Waals surface area contributed by atoms with E-state index in [0.29, 0.717) is 21.0 Å². The number of ether oxygens (including phenoxy) is 1. The van der Waals surface area contributed by atoms with Gasteiger partial charge in [0, 0.05) is 48.6 Å². The predicted octanol–water partition coefficient (Wildman–Crippen LogP) is 6.91. The van der Waals surface area contributed by atoms with Crippen molar-refractivity contribution >= 4 is 57.6 Å². The molecule has 0 aliphatic carbocycles. The van der Waals surface area contributed by atoms with Crippen molar-refractivity contribution in [3.63, 3.8) is 0 Å². The minimum absolute atomic E-state index is 0.0609. The SMILES string of the molecule is CCCN1c2cc(Cl)c(/C=C3/SC(=Nc4ccc(N5CCOCC5)cc4)N(C)C3=O)cc2C(C)CC1(C)C. The Labute approximate surface area is 235 Å². The fourth-order valence-electron chi connectivity index (χ4n) is 5.74. The van der Waals surface area contributed by atoms with Gasteiger partial charge in [-0.15, -0.1) is 0 Å². The van der Waals surface area contributed by atoms with E-state index in [1.807, 2.05) is 18.2 Å². The molecule has 3 heterocycles. The Hall–Kier alpha value is -2.48. The molecule has 2 saturated heterocycles. The normalized spacial score (nSPS) is 23.5. The van der Waals surface area contributed by atoms with Crippen LogP contribution in [0.4, 0.5) is 17.1 Å². The summed E-state index contributed by atoms with van der Waals surface area (Å²) in [6.07, 6.45) is 4.08. The Balaban J connectivity index is 1.40. The molecule has 202 valence electrons. The average molecular weight is 553 g/mol. The quantitative estimate of drug-likeness (QED) is 0.377. The zero-order valence-electron chi connectivity index (χ0n) is 23.0. The number of carbonyl (C=O) groups is 1. The number of halogens is 1. The molecule has 38 heavy (non-hydrogen) atoms. The van der Waals surface area contributed by atoms with Gasteiger partial charge in [0.05, 0.1) is 23.8 Å². The van der Waals surface area contributed by atoms with Crippen molar-refractivity contribution in [1.29, 1.82) is 0 Å². The number of thioether (sulfide) groups is 1. The molecule has 3 aliphatic rings. The van der Waals surface area contributed by atoms with Crippen molar-refractivity contribution in [2.45, 2.75) is 52.0 Å². The highest BCUT2D eigenvalue weighted by atomic mass is 35.5. The van der Waals surface area contributed by atoms with E-state index in [1.54, 1.807) is 11.9 Å². The van der Waals surface area contributed by atoms with Gasteiger partial charge in [0.1, 0.15) is 0 Å². The van der Waals surface area contributed by atoms with Crippen LogP contribution in [0.3, 0.4) is 0 Å². The summed E-state index contributed by atoms with van der Waals surface area (Å²) >= 11 is 8.22. The maximum absolute atomic E-state index is 13.1. The Bertz CT molecular complexity index is 1270. The van der Waals surface area contributed by atoms with Gasteiger partial charge in [0.25, 0.3) is 5.91 Å². The largest absolute Gasteiger partial charge is 0.378 e. The number of morpholine rings is 1. The van der Waals surface area contributed by atoms with E-state index in [9.17, 15) is 4.79 Å². The fraction of sp³-hybridized carbons (Fsp3) is 0.467. The maximum Gasteiger partial charge on any atom is 0.266 e. The van der Waals surface area contributed by atoms with Crippen LogP contribution in [0.5, 0.6) is 0 Å². The van der Waals surface area contributed by atoms with Crippen LogP contribution in [-0.2, 0) is 9.53 Å². The number of hydrogen-bond donors (Lipinski definition) is 0. The molecule has 2 fully saturated rings. The summed E-state index contributed by atoms with van der Waals surface area (Å²) in [6.45, 7) is 13.4. The Morgan fingerprint density at radius 1 is 1.18 bits per heavy atom. The molecule has 3 aliphatic heterocycles. The summed E-state index contributed by atoms with van der Waals surface area (Å²) in [5.74, 6) is 0.351. The van der Waals surface area contributed by atoms with Gasteiger partial charge >= 0.3 is 0 Å². The maximum atomic E-state index is 13.1. The summed E-state index contributed by atoms with van der Waals surface area (Å²) < 4.78 is 5.45. The van der Waals surface area contributed by atoms with Crippen LogP contribution in [0.1, 0.15) is 57.6 Å². The van der Waals surface area contributed by atoms with Crippen LogP contribution in [0.15, 0.2) is 46.3 Å². The molecule has 1 atom stereocenters. The molecule has 0 spiro atoms. The Morgan fingerprint density at radius 2 is 1.89 bits per heavy atom. The number of likely N-dealkylation sites (N-methyl/N-ethyl adjacent to an activating group) is 1. The fourth-order valence-corrected chi connectivity index (χ4v) is 6.93. The van der Waals surface area contributed by atoms with Gasteiger partial charge in [0.15, 0.2) is 5.17 Å². The molecule has 5 rings (SSSR count). The van der Waals surface area contributed by atoms with Crippen molar-refractivity contribution in [3.05, 3.63) is 57.5 Å². The topological polar surface area (TPSA) is 48.4 Å². The molecule has 1 amide bonds. The minimum atomic E-state index is -0.0609. The van der Waals surface area contributed by atoms with Crippen molar-refractivity contribution in [3.8, 4) is 0 Å². The van der Waals surface area contributed by atoms with Crippen molar-refractivity contribution in [1.82, 2.24) is 4.90 Å². The molecule has 0 radical (unpaired) electrons. The van der Waals surface area contributed by atoms with Crippen LogP contribution in [0.2, 0.25) is 5.02 Å². The van der Waals surface area contributed by atoms with E-state index < -0.39 is 0 Å². The Kier molecular flexibility index (Phi) is 7.81. The van der Waals surface area contributed by atoms with Gasteiger partial charge in [-0.1, -0.05) is 25.4 Å². The third-order valence-corrected chi connectivity index (χ3v) is 9.08. The van der Waals surface area contributed by atoms with Crippen LogP contribution >= 0.6 is 23.4 Å². The van der Waals surface area contributed by atoms with E-state index in [4.69, 9.17) is 21.3 Å². The smallest absolute Gasteiger partial charge is 0.266 e. The summed E-state index contributed by atoms with van der Waals surface area (Å²) in [5.41, 5.74) is 5.47. The molecule has 0 N–H and O–H groups in total. The first kappa shape index (κ1) is 27.1. The Morgan fingerprint density at radius 3 is 2.58 bits per heavy atom. The first-order valence-electron chi connectivity index (χ1n) is 13.5. The second-order valence-corrected chi connectivity index (χ2v) is 12.4. The molecule has 2 aromatic carbocycles. The number of anilines is 2. The summed E-state index contributed by atoms with van der Waals surface area (Å²) in [6, 6.07) is 12.4. The van der Waals surface area contributed by atoms with Gasteiger partial charge in [0.2, 0.25) is 0 Å². The van der Waals surface area contributed by atoms with E-state index in [0.717, 1.165) is 56.9 Å². The molecule has 0 bridgehead atoms. The van der Waals surface area contributed by atoms with E-state index in [2.05, 4.69) is 61.8 Å². The summed E-state index contributed by atoms with van der Waals surface area (Å²) in [7, 11) is 1.78. The standard InChI is InChI=1S/C30H37ClN4O2S/c1-6-11-35-26-18-25(31)21(16-24(26)20(2)19-30(35,3)4)17-27-28(36)33(5)29(38-27)32-22-7-9-23(10-8-22)34-12-14-37-15-13-34/h7-10,16-18,20H,6,11-15,19H2,1-5H3/b27-17+,32-29?. The third-order valence-electron chi connectivity index (χ3n) is 7.69. The van der Waals surface area contributed by atoms with Gasteiger partial charge < -0.3 is 14.5 Å². The monoisotopic (exact) mass is 552 g/mol. The molecule has 8 heteroatoms. The minimum Gasteiger partial charge on any atom is -0.378 e. The van der Waals surface area contributed by atoms with Crippen LogP contribution in [0.25, 0.3) is 6.08 Å². The van der Waals surface area contributed by atoms with Crippen LogP contribution < -0.4 is 9.80 Å². The summed E-state index contributed by atoms with van der Waals surface area (Å²) in [4.78, 5) is 25.0. The zero-order chi connectivity index (χ0) is 27.0. The first-order valence-corrected chi connectivity index (χ1v) is 14.7. The predicted molar refractivity (Wildman–Crippen MR) is 161 cm³/mol. The highest BCUT2D eigenvalue weighted by Gasteiger charge is 2.37. The number of amidine groups is 1. The van der Waals surface area contributed by atoms with Gasteiger partial charge in [-0.05, 0) is 98.0 Å². The van der Waals surface area contributed by atoms with Gasteiger partial charge in [-0.3, -0.25) is 9.69 Å². The molecule has 0 aromatic heterocycles. The number of nitrogens with zero attached hydrogens (tertiary/aromatic N) is 4. The van der Waals surface area contributed by atoms with E-state index in [1.165, 1.54) is 28.7 Å². The molecule has 6 nitrogen and oxygen atoms in total. The first-order chi connectivity index (χ1) is 18.2. The number of aliphatic imine (C=N–C) groups is 1. The number of carbonyl (C=O) groups excluding carboxylic acids is 1. The number of benzene rings is 2.